The maximum Gasteiger partial charge on any atom is 0.176 e. The number of phenolic OH excluding ortho intramolecular Hbond substituents is 1. The smallest absolute Gasteiger partial charge is 0.176 e. The Balaban J connectivity index is 3.34. The van der Waals surface area contributed by atoms with Gasteiger partial charge in [-0.25, -0.2) is 4.39 Å². The molecule has 0 atom stereocenters. The van der Waals surface area contributed by atoms with Gasteiger partial charge in [-0.3, -0.25) is 0 Å². The van der Waals surface area contributed by atoms with Crippen LogP contribution < -0.4 is 11.5 Å². The molecule has 1 aromatic carbocycles. The van der Waals surface area contributed by atoms with Crippen LogP contribution in [-0.2, 0) is 0 Å². The Hall–Kier alpha value is -1.45. The number of rotatable bonds is 0. The van der Waals surface area contributed by atoms with E-state index in [1.165, 1.54) is 6.07 Å². The fraction of sp³-hybridized carbons (Fsp3) is 0. The molecule has 0 saturated carbocycles. The lowest BCUT2D eigenvalue weighted by Crippen LogP contribution is -1.95. The molecule has 0 bridgehead atoms. The molecule has 10 heavy (non-hydrogen) atoms. The summed E-state index contributed by atoms with van der Waals surface area (Å²) in [5, 5.41) is 8.81. The number of aromatic hydroxyl groups is 1. The molecule has 0 aliphatic rings. The van der Waals surface area contributed by atoms with Gasteiger partial charge in [0.1, 0.15) is 5.69 Å². The molecule has 0 unspecified atom stereocenters. The van der Waals surface area contributed by atoms with Crippen molar-refractivity contribution in [2.75, 3.05) is 11.5 Å². The molecule has 0 aliphatic heterocycles. The average Bonchev–Trinajstić information content (AvgIpc) is 1.93. The Morgan fingerprint density at radius 1 is 1.30 bits per heavy atom. The summed E-state index contributed by atoms with van der Waals surface area (Å²) in [6.07, 6.45) is 0. The molecule has 3 nitrogen and oxygen atoms in total. The highest BCUT2D eigenvalue weighted by atomic mass is 19.1. The third-order valence-electron chi connectivity index (χ3n) is 1.20. The lowest BCUT2D eigenvalue weighted by Gasteiger charge is -2.01. The summed E-state index contributed by atoms with van der Waals surface area (Å²) in [5.41, 5.74) is 10.5. The van der Waals surface area contributed by atoms with Gasteiger partial charge >= 0.3 is 0 Å². The van der Waals surface area contributed by atoms with Crippen molar-refractivity contribution in [2.45, 2.75) is 0 Å². The van der Waals surface area contributed by atoms with Gasteiger partial charge in [0.25, 0.3) is 0 Å². The molecule has 54 valence electrons. The largest absolute Gasteiger partial charge is 0.503 e. The van der Waals surface area contributed by atoms with Crippen LogP contribution in [0.15, 0.2) is 12.1 Å². The number of nitrogen functional groups attached to an aromatic ring is 2. The van der Waals surface area contributed by atoms with Crippen molar-refractivity contribution in [1.82, 2.24) is 0 Å². The second-order valence-electron chi connectivity index (χ2n) is 1.90. The summed E-state index contributed by atoms with van der Waals surface area (Å²) < 4.78 is 12.4. The highest BCUT2D eigenvalue weighted by molar-refractivity contribution is 5.70. The zero-order valence-corrected chi connectivity index (χ0v) is 5.13. The first-order chi connectivity index (χ1) is 4.63. The molecule has 0 fully saturated rings. The van der Waals surface area contributed by atoms with Crippen LogP contribution >= 0.6 is 0 Å². The fourth-order valence-electron chi connectivity index (χ4n) is 0.597. The Morgan fingerprint density at radius 2 is 1.90 bits per heavy atom. The lowest BCUT2D eigenvalue weighted by molar-refractivity contribution is 0.435. The van der Waals surface area contributed by atoms with Crippen LogP contribution in [0.4, 0.5) is 15.8 Å². The first kappa shape index (κ1) is 6.67. The van der Waals surface area contributed by atoms with Gasteiger partial charge in [-0.15, -0.1) is 0 Å². The van der Waals surface area contributed by atoms with E-state index in [0.717, 1.165) is 6.07 Å². The molecule has 0 amide bonds. The van der Waals surface area contributed by atoms with Gasteiger partial charge in [0.2, 0.25) is 0 Å². The van der Waals surface area contributed by atoms with Crippen molar-refractivity contribution in [3.05, 3.63) is 17.9 Å². The Labute approximate surface area is 57.1 Å². The van der Waals surface area contributed by atoms with E-state index in [1.807, 2.05) is 0 Å². The van der Waals surface area contributed by atoms with Crippen molar-refractivity contribution in [2.24, 2.45) is 0 Å². The van der Waals surface area contributed by atoms with Gasteiger partial charge in [-0.1, -0.05) is 0 Å². The topological polar surface area (TPSA) is 72.3 Å². The third-order valence-corrected chi connectivity index (χ3v) is 1.20. The van der Waals surface area contributed by atoms with Gasteiger partial charge in [0, 0.05) is 0 Å². The minimum Gasteiger partial charge on any atom is -0.503 e. The molecule has 1 aromatic rings. The lowest BCUT2D eigenvalue weighted by atomic mass is 10.2. The van der Waals surface area contributed by atoms with Crippen LogP contribution in [0.2, 0.25) is 0 Å². The van der Waals surface area contributed by atoms with E-state index < -0.39 is 11.6 Å². The average molecular weight is 142 g/mol. The van der Waals surface area contributed by atoms with E-state index in [-0.39, 0.29) is 11.4 Å². The molecule has 0 aromatic heterocycles. The predicted molar refractivity (Wildman–Crippen MR) is 36.9 cm³/mol. The number of benzene rings is 1. The maximum absolute atomic E-state index is 12.4. The number of anilines is 2. The van der Waals surface area contributed by atoms with Crippen molar-refractivity contribution in [3.8, 4) is 5.75 Å². The van der Waals surface area contributed by atoms with Crippen LogP contribution in [0, 0.1) is 5.82 Å². The van der Waals surface area contributed by atoms with Crippen LogP contribution in [0.3, 0.4) is 0 Å². The number of phenols is 1. The van der Waals surface area contributed by atoms with Crippen LogP contribution in [-0.4, -0.2) is 5.11 Å². The molecule has 5 N–H and O–H groups in total. The van der Waals surface area contributed by atoms with Crippen LogP contribution in [0.5, 0.6) is 5.75 Å². The second-order valence-corrected chi connectivity index (χ2v) is 1.90. The summed E-state index contributed by atoms with van der Waals surface area (Å²) in [5.74, 6) is -1.34. The van der Waals surface area contributed by atoms with Crippen molar-refractivity contribution in [1.29, 1.82) is 0 Å². The Morgan fingerprint density at radius 3 is 2.40 bits per heavy atom. The van der Waals surface area contributed by atoms with E-state index in [9.17, 15) is 4.39 Å². The molecule has 0 saturated heterocycles. The minimum atomic E-state index is -0.758. The number of hydrogen-bond acceptors (Lipinski definition) is 3. The molecule has 4 heteroatoms. The fourth-order valence-corrected chi connectivity index (χ4v) is 0.597. The quantitative estimate of drug-likeness (QED) is 0.368. The SMILES string of the molecule is Nc1ccc(F)c(O)c1N. The molecule has 0 aliphatic carbocycles. The standard InChI is InChI=1S/C6H7FN2O/c7-3-1-2-4(8)5(9)6(3)10/h1-2,10H,8-9H2. The summed E-state index contributed by atoms with van der Waals surface area (Å²) >= 11 is 0. The highest BCUT2D eigenvalue weighted by Crippen LogP contribution is 2.28. The Bertz CT molecular complexity index is 235. The molecule has 1 rings (SSSR count). The highest BCUT2D eigenvalue weighted by Gasteiger charge is 2.05. The first-order valence-electron chi connectivity index (χ1n) is 2.65. The van der Waals surface area contributed by atoms with Gasteiger partial charge in [0.15, 0.2) is 11.6 Å². The van der Waals surface area contributed by atoms with E-state index in [1.54, 1.807) is 0 Å². The van der Waals surface area contributed by atoms with Crippen molar-refractivity contribution >= 4 is 11.4 Å². The minimum absolute atomic E-state index is 0.111. The summed E-state index contributed by atoms with van der Waals surface area (Å²) in [6.45, 7) is 0. The second kappa shape index (κ2) is 2.06. The first-order valence-corrected chi connectivity index (χ1v) is 2.65. The van der Waals surface area contributed by atoms with E-state index in [0.29, 0.717) is 0 Å². The monoisotopic (exact) mass is 142 g/mol. The van der Waals surface area contributed by atoms with E-state index >= 15 is 0 Å². The van der Waals surface area contributed by atoms with Crippen molar-refractivity contribution in [3.63, 3.8) is 0 Å². The Kier molecular flexibility index (Phi) is 1.37. The van der Waals surface area contributed by atoms with Crippen LogP contribution in [0.25, 0.3) is 0 Å². The third kappa shape index (κ3) is 0.834. The number of halogens is 1. The molecule has 0 spiro atoms. The number of hydrogen-bond donors (Lipinski definition) is 3. The van der Waals surface area contributed by atoms with Gasteiger partial charge < -0.3 is 16.6 Å². The summed E-state index contributed by atoms with van der Waals surface area (Å²) in [4.78, 5) is 0. The van der Waals surface area contributed by atoms with Gasteiger partial charge in [-0.05, 0) is 12.1 Å². The molecular weight excluding hydrogens is 135 g/mol. The zero-order valence-electron chi connectivity index (χ0n) is 5.13. The van der Waals surface area contributed by atoms with Crippen molar-refractivity contribution < 1.29 is 9.50 Å². The van der Waals surface area contributed by atoms with Gasteiger partial charge in [0.05, 0.1) is 5.69 Å². The van der Waals surface area contributed by atoms with E-state index in [2.05, 4.69) is 0 Å². The number of nitrogens with two attached hydrogens (primary N) is 2. The summed E-state index contributed by atoms with van der Waals surface area (Å²) in [6, 6.07) is 2.35. The van der Waals surface area contributed by atoms with Gasteiger partial charge in [-0.2, -0.15) is 0 Å². The maximum atomic E-state index is 12.4. The normalized spacial score (nSPS) is 9.70. The summed E-state index contributed by atoms with van der Waals surface area (Å²) in [7, 11) is 0. The molecule has 0 radical (unpaired) electrons. The zero-order chi connectivity index (χ0) is 7.72. The van der Waals surface area contributed by atoms with Crippen LogP contribution in [0.1, 0.15) is 0 Å². The molecular formula is C6H7FN2O. The van der Waals surface area contributed by atoms with E-state index in [4.69, 9.17) is 16.6 Å². The molecule has 0 heterocycles. The predicted octanol–water partition coefficient (Wildman–Crippen LogP) is 0.696.